The molecule has 6 heteroatoms. The smallest absolute Gasteiger partial charge is 0.254 e. The standard InChI is InChI=1S/C17H23N3O3/c1-11(2)15-9-16(20-19-15)18-17(21)12(3)23-10-13-6-5-7-14(8-13)22-4/h5-9,11-12H,10H2,1-4H3,(H2,18,19,20,21). The Bertz CT molecular complexity index is 652. The van der Waals surface area contributed by atoms with E-state index in [2.05, 4.69) is 29.4 Å². The first-order valence-electron chi connectivity index (χ1n) is 7.60. The fourth-order valence-electron chi connectivity index (χ4n) is 1.98. The van der Waals surface area contributed by atoms with Gasteiger partial charge in [-0.25, -0.2) is 0 Å². The van der Waals surface area contributed by atoms with E-state index in [-0.39, 0.29) is 5.91 Å². The van der Waals surface area contributed by atoms with Crippen LogP contribution >= 0.6 is 0 Å². The molecule has 124 valence electrons. The van der Waals surface area contributed by atoms with Gasteiger partial charge in [0.15, 0.2) is 5.82 Å². The molecule has 1 aromatic heterocycles. The van der Waals surface area contributed by atoms with Crippen molar-refractivity contribution in [1.82, 2.24) is 10.2 Å². The number of hydrogen-bond acceptors (Lipinski definition) is 4. The number of hydrogen-bond donors (Lipinski definition) is 2. The molecule has 0 aliphatic rings. The Kier molecular flexibility index (Phi) is 5.76. The zero-order chi connectivity index (χ0) is 16.8. The lowest BCUT2D eigenvalue weighted by Gasteiger charge is -2.12. The van der Waals surface area contributed by atoms with Gasteiger partial charge in [-0.2, -0.15) is 5.10 Å². The molecular weight excluding hydrogens is 294 g/mol. The van der Waals surface area contributed by atoms with Gasteiger partial charge in [0.25, 0.3) is 5.91 Å². The molecule has 1 heterocycles. The van der Waals surface area contributed by atoms with Crippen LogP contribution < -0.4 is 10.1 Å². The maximum absolute atomic E-state index is 12.1. The zero-order valence-corrected chi connectivity index (χ0v) is 13.9. The molecule has 2 aromatic rings. The van der Waals surface area contributed by atoms with Crippen molar-refractivity contribution in [3.8, 4) is 5.75 Å². The molecule has 1 atom stereocenters. The maximum Gasteiger partial charge on any atom is 0.254 e. The molecule has 0 saturated heterocycles. The SMILES string of the molecule is COc1cccc(COC(C)C(=O)Nc2cc(C(C)C)[nH]n2)c1. The average molecular weight is 317 g/mol. The number of methoxy groups -OCH3 is 1. The fraction of sp³-hybridized carbons (Fsp3) is 0.412. The minimum Gasteiger partial charge on any atom is -0.497 e. The second kappa shape index (κ2) is 7.78. The summed E-state index contributed by atoms with van der Waals surface area (Å²) in [4.78, 5) is 12.1. The Hall–Kier alpha value is -2.34. The third-order valence-corrected chi connectivity index (χ3v) is 3.47. The predicted molar refractivity (Wildman–Crippen MR) is 88.6 cm³/mol. The topological polar surface area (TPSA) is 76.2 Å². The molecule has 2 N–H and O–H groups in total. The van der Waals surface area contributed by atoms with E-state index in [0.29, 0.717) is 18.3 Å². The first kappa shape index (κ1) is 17.0. The quantitative estimate of drug-likeness (QED) is 0.823. The van der Waals surface area contributed by atoms with Crippen molar-refractivity contribution < 1.29 is 14.3 Å². The van der Waals surface area contributed by atoms with E-state index in [1.807, 2.05) is 30.3 Å². The van der Waals surface area contributed by atoms with Crippen LogP contribution in [0.2, 0.25) is 0 Å². The third kappa shape index (κ3) is 4.82. The molecule has 1 aromatic carbocycles. The van der Waals surface area contributed by atoms with Gasteiger partial charge < -0.3 is 14.8 Å². The molecule has 0 fully saturated rings. The van der Waals surface area contributed by atoms with E-state index in [4.69, 9.17) is 9.47 Å². The summed E-state index contributed by atoms with van der Waals surface area (Å²) < 4.78 is 10.8. The van der Waals surface area contributed by atoms with Gasteiger partial charge >= 0.3 is 0 Å². The van der Waals surface area contributed by atoms with Gasteiger partial charge in [-0.1, -0.05) is 26.0 Å². The molecule has 0 radical (unpaired) electrons. The molecule has 6 nitrogen and oxygen atoms in total. The Morgan fingerprint density at radius 3 is 2.74 bits per heavy atom. The number of benzene rings is 1. The summed E-state index contributed by atoms with van der Waals surface area (Å²) in [7, 11) is 1.62. The summed E-state index contributed by atoms with van der Waals surface area (Å²) in [6, 6.07) is 9.39. The number of rotatable bonds is 7. The highest BCUT2D eigenvalue weighted by atomic mass is 16.5. The summed E-state index contributed by atoms with van der Waals surface area (Å²) >= 11 is 0. The average Bonchev–Trinajstić information content (AvgIpc) is 3.01. The Morgan fingerprint density at radius 1 is 1.30 bits per heavy atom. The van der Waals surface area contributed by atoms with Gasteiger partial charge in [0.2, 0.25) is 0 Å². The van der Waals surface area contributed by atoms with E-state index >= 15 is 0 Å². The second-order valence-electron chi connectivity index (χ2n) is 5.66. The number of ether oxygens (including phenoxy) is 2. The lowest BCUT2D eigenvalue weighted by Crippen LogP contribution is -2.27. The van der Waals surface area contributed by atoms with Gasteiger partial charge in [0.05, 0.1) is 13.7 Å². The van der Waals surface area contributed by atoms with Crippen molar-refractivity contribution in [2.75, 3.05) is 12.4 Å². The van der Waals surface area contributed by atoms with Crippen LogP contribution in [0, 0.1) is 0 Å². The molecule has 0 aliphatic heterocycles. The van der Waals surface area contributed by atoms with Gasteiger partial charge in [0.1, 0.15) is 11.9 Å². The van der Waals surface area contributed by atoms with Crippen LogP contribution in [0.3, 0.4) is 0 Å². The van der Waals surface area contributed by atoms with Crippen molar-refractivity contribution in [2.24, 2.45) is 0 Å². The molecular formula is C17H23N3O3. The van der Waals surface area contributed by atoms with Crippen LogP contribution in [0.5, 0.6) is 5.75 Å². The van der Waals surface area contributed by atoms with Crippen molar-refractivity contribution in [3.05, 3.63) is 41.6 Å². The van der Waals surface area contributed by atoms with E-state index in [9.17, 15) is 4.79 Å². The normalized spacial score (nSPS) is 12.2. The van der Waals surface area contributed by atoms with Crippen LogP contribution in [0.25, 0.3) is 0 Å². The van der Waals surface area contributed by atoms with Crippen molar-refractivity contribution in [1.29, 1.82) is 0 Å². The van der Waals surface area contributed by atoms with E-state index in [1.165, 1.54) is 0 Å². The first-order chi connectivity index (χ1) is 11.0. The Morgan fingerprint density at radius 2 is 2.09 bits per heavy atom. The predicted octanol–water partition coefficient (Wildman–Crippen LogP) is 3.09. The molecule has 1 amide bonds. The number of nitrogens with zero attached hydrogens (tertiary/aromatic N) is 1. The number of carbonyl (C=O) groups excluding carboxylic acids is 1. The minimum absolute atomic E-state index is 0.227. The molecule has 0 spiro atoms. The minimum atomic E-state index is -0.583. The molecule has 23 heavy (non-hydrogen) atoms. The second-order valence-corrected chi connectivity index (χ2v) is 5.66. The lowest BCUT2D eigenvalue weighted by atomic mass is 10.1. The summed E-state index contributed by atoms with van der Waals surface area (Å²) in [5.74, 6) is 1.38. The van der Waals surface area contributed by atoms with Crippen LogP contribution in [0.4, 0.5) is 5.82 Å². The van der Waals surface area contributed by atoms with Gasteiger partial charge in [-0.05, 0) is 30.5 Å². The monoisotopic (exact) mass is 317 g/mol. The summed E-state index contributed by atoms with van der Waals surface area (Å²) in [6.07, 6.45) is -0.583. The molecule has 0 saturated carbocycles. The number of anilines is 1. The van der Waals surface area contributed by atoms with Gasteiger partial charge in [-0.15, -0.1) is 0 Å². The molecule has 0 aliphatic carbocycles. The van der Waals surface area contributed by atoms with Crippen LogP contribution in [-0.2, 0) is 16.1 Å². The summed E-state index contributed by atoms with van der Waals surface area (Å²) in [6.45, 7) is 6.16. The number of carbonyl (C=O) groups is 1. The van der Waals surface area contributed by atoms with Crippen molar-refractivity contribution in [2.45, 2.75) is 39.4 Å². The zero-order valence-electron chi connectivity index (χ0n) is 13.9. The largest absolute Gasteiger partial charge is 0.497 e. The van der Waals surface area contributed by atoms with Crippen molar-refractivity contribution in [3.63, 3.8) is 0 Å². The number of aromatic nitrogens is 2. The highest BCUT2D eigenvalue weighted by Crippen LogP contribution is 2.16. The van der Waals surface area contributed by atoms with E-state index in [1.54, 1.807) is 14.0 Å². The number of nitrogens with one attached hydrogen (secondary N) is 2. The molecule has 1 unspecified atom stereocenters. The van der Waals surface area contributed by atoms with E-state index in [0.717, 1.165) is 17.0 Å². The highest BCUT2D eigenvalue weighted by Gasteiger charge is 2.15. The Labute approximate surface area is 136 Å². The maximum atomic E-state index is 12.1. The van der Waals surface area contributed by atoms with Crippen LogP contribution in [0.15, 0.2) is 30.3 Å². The van der Waals surface area contributed by atoms with Crippen molar-refractivity contribution >= 4 is 11.7 Å². The molecule has 0 bridgehead atoms. The number of H-pyrrole nitrogens is 1. The van der Waals surface area contributed by atoms with E-state index < -0.39 is 6.10 Å². The lowest BCUT2D eigenvalue weighted by molar-refractivity contribution is -0.127. The fourth-order valence-corrected chi connectivity index (χ4v) is 1.98. The third-order valence-electron chi connectivity index (χ3n) is 3.47. The number of aromatic amines is 1. The highest BCUT2D eigenvalue weighted by molar-refractivity contribution is 5.93. The summed E-state index contributed by atoms with van der Waals surface area (Å²) in [5.41, 5.74) is 1.93. The van der Waals surface area contributed by atoms with Crippen LogP contribution in [-0.4, -0.2) is 29.3 Å². The first-order valence-corrected chi connectivity index (χ1v) is 7.60. The molecule has 2 rings (SSSR count). The Balaban J connectivity index is 1.86. The van der Waals surface area contributed by atoms with Crippen LogP contribution in [0.1, 0.15) is 37.9 Å². The van der Waals surface area contributed by atoms with Gasteiger partial charge in [-0.3, -0.25) is 9.89 Å². The number of amides is 1. The summed E-state index contributed by atoms with van der Waals surface area (Å²) in [5, 5.41) is 9.72. The van der Waals surface area contributed by atoms with Gasteiger partial charge in [0, 0.05) is 11.8 Å².